The van der Waals surface area contributed by atoms with Gasteiger partial charge in [0.05, 0.1) is 0 Å². The quantitative estimate of drug-likeness (QED) is 0.626. The minimum atomic E-state index is 0.402. The fourth-order valence-electron chi connectivity index (χ4n) is 2.62. The fourth-order valence-corrected chi connectivity index (χ4v) is 2.62. The molecule has 72 valence electrons. The zero-order valence-electron chi connectivity index (χ0n) is 7.83. The Labute approximate surface area is 78.5 Å². The topological polar surface area (TPSA) is 32.3 Å². The van der Waals surface area contributed by atoms with Crippen LogP contribution in [0.3, 0.4) is 0 Å². The number of nitrogens with one attached hydrogen (secondary N) is 1. The second-order valence-electron chi connectivity index (χ2n) is 4.63. The van der Waals surface area contributed by atoms with Crippen LogP contribution in [0.1, 0.15) is 19.3 Å². The SMILES string of the molecule is O=C(C1CC1)N1CC2NCC[C@@H]2C1. The van der Waals surface area contributed by atoms with Crippen molar-refractivity contribution in [2.24, 2.45) is 11.8 Å². The molecule has 3 fully saturated rings. The van der Waals surface area contributed by atoms with E-state index >= 15 is 0 Å². The maximum Gasteiger partial charge on any atom is 0.225 e. The first kappa shape index (κ1) is 7.80. The third kappa shape index (κ3) is 1.26. The summed E-state index contributed by atoms with van der Waals surface area (Å²) in [6.45, 7) is 3.15. The zero-order valence-corrected chi connectivity index (χ0v) is 7.83. The largest absolute Gasteiger partial charge is 0.341 e. The van der Waals surface area contributed by atoms with Gasteiger partial charge in [-0.1, -0.05) is 0 Å². The third-order valence-electron chi connectivity index (χ3n) is 3.60. The lowest BCUT2D eigenvalue weighted by atomic mass is 10.1. The average molecular weight is 180 g/mol. The molecule has 0 radical (unpaired) electrons. The molecule has 0 aromatic rings. The monoisotopic (exact) mass is 180 g/mol. The van der Waals surface area contributed by atoms with E-state index in [1.54, 1.807) is 0 Å². The van der Waals surface area contributed by atoms with Crippen molar-refractivity contribution in [3.8, 4) is 0 Å². The van der Waals surface area contributed by atoms with Crippen molar-refractivity contribution in [3.63, 3.8) is 0 Å². The molecule has 1 saturated carbocycles. The number of hydrogen-bond donors (Lipinski definition) is 1. The third-order valence-corrected chi connectivity index (χ3v) is 3.60. The van der Waals surface area contributed by atoms with Gasteiger partial charge in [0.25, 0.3) is 0 Å². The summed E-state index contributed by atoms with van der Waals surface area (Å²) in [5.41, 5.74) is 0. The summed E-state index contributed by atoms with van der Waals surface area (Å²) in [5.74, 6) is 1.58. The van der Waals surface area contributed by atoms with Crippen LogP contribution in [0.2, 0.25) is 0 Å². The molecule has 0 spiro atoms. The molecule has 3 rings (SSSR count). The van der Waals surface area contributed by atoms with Crippen LogP contribution in [0.4, 0.5) is 0 Å². The van der Waals surface area contributed by atoms with Crippen LogP contribution in [0.15, 0.2) is 0 Å². The molecule has 13 heavy (non-hydrogen) atoms. The van der Waals surface area contributed by atoms with Crippen molar-refractivity contribution in [1.82, 2.24) is 10.2 Å². The van der Waals surface area contributed by atoms with E-state index in [0.29, 0.717) is 17.9 Å². The van der Waals surface area contributed by atoms with Gasteiger partial charge in [-0.25, -0.2) is 0 Å². The Morgan fingerprint density at radius 2 is 2.08 bits per heavy atom. The molecule has 3 aliphatic rings. The molecule has 1 aliphatic carbocycles. The van der Waals surface area contributed by atoms with Gasteiger partial charge < -0.3 is 10.2 Å². The molecule has 2 aliphatic heterocycles. The highest BCUT2D eigenvalue weighted by Crippen LogP contribution is 2.34. The van der Waals surface area contributed by atoms with Gasteiger partial charge in [0.1, 0.15) is 0 Å². The summed E-state index contributed by atoms with van der Waals surface area (Å²) in [6, 6.07) is 0.614. The van der Waals surface area contributed by atoms with Crippen molar-refractivity contribution >= 4 is 5.91 Å². The van der Waals surface area contributed by atoms with Gasteiger partial charge in [-0.05, 0) is 31.7 Å². The highest BCUT2D eigenvalue weighted by atomic mass is 16.2. The summed E-state index contributed by atoms with van der Waals surface area (Å²) in [7, 11) is 0. The lowest BCUT2D eigenvalue weighted by Gasteiger charge is -2.16. The number of nitrogens with zero attached hydrogens (tertiary/aromatic N) is 1. The Morgan fingerprint density at radius 1 is 1.23 bits per heavy atom. The van der Waals surface area contributed by atoms with Crippen LogP contribution in [0.25, 0.3) is 0 Å². The van der Waals surface area contributed by atoms with E-state index in [4.69, 9.17) is 0 Å². The van der Waals surface area contributed by atoms with Gasteiger partial charge in [-0.3, -0.25) is 4.79 Å². The standard InChI is InChI=1S/C10H16N2O/c13-10(7-1-2-7)12-5-8-3-4-11-9(8)6-12/h7-9,11H,1-6H2/t8-,9?/m1/s1. The summed E-state index contributed by atoms with van der Waals surface area (Å²) in [5, 5.41) is 3.47. The lowest BCUT2D eigenvalue weighted by molar-refractivity contribution is -0.131. The van der Waals surface area contributed by atoms with E-state index in [-0.39, 0.29) is 0 Å². The Hall–Kier alpha value is -0.570. The number of fused-ring (bicyclic) bond motifs is 1. The first-order valence-electron chi connectivity index (χ1n) is 5.37. The minimum Gasteiger partial charge on any atom is -0.341 e. The Kier molecular flexibility index (Phi) is 1.62. The van der Waals surface area contributed by atoms with Crippen molar-refractivity contribution in [2.45, 2.75) is 25.3 Å². The second kappa shape index (κ2) is 2.71. The molecule has 0 aromatic carbocycles. The first-order chi connectivity index (χ1) is 6.34. The molecule has 3 nitrogen and oxygen atoms in total. The first-order valence-corrected chi connectivity index (χ1v) is 5.37. The molecule has 3 heteroatoms. The number of likely N-dealkylation sites (tertiary alicyclic amines) is 1. The van der Waals surface area contributed by atoms with Gasteiger partial charge in [0.2, 0.25) is 5.91 Å². The van der Waals surface area contributed by atoms with Crippen molar-refractivity contribution in [3.05, 3.63) is 0 Å². The number of rotatable bonds is 1. The molecule has 2 heterocycles. The summed E-state index contributed by atoms with van der Waals surface area (Å²) in [4.78, 5) is 13.8. The number of amides is 1. The van der Waals surface area contributed by atoms with E-state index in [2.05, 4.69) is 10.2 Å². The lowest BCUT2D eigenvalue weighted by Crippen LogP contribution is -2.34. The Bertz CT molecular complexity index is 225. The average Bonchev–Trinajstić information content (AvgIpc) is 2.73. The normalized spacial score (nSPS) is 38.0. The summed E-state index contributed by atoms with van der Waals surface area (Å²) in [6.07, 6.45) is 3.54. The number of carbonyl (C=O) groups excluding carboxylic acids is 1. The predicted octanol–water partition coefficient (Wildman–Crippen LogP) is 0.217. The van der Waals surface area contributed by atoms with Crippen LogP contribution in [0, 0.1) is 11.8 Å². The minimum absolute atomic E-state index is 0.402. The van der Waals surface area contributed by atoms with Gasteiger partial charge in [0, 0.05) is 25.0 Å². The van der Waals surface area contributed by atoms with Gasteiger partial charge in [-0.15, -0.1) is 0 Å². The van der Waals surface area contributed by atoms with E-state index in [1.807, 2.05) is 0 Å². The summed E-state index contributed by atoms with van der Waals surface area (Å²) < 4.78 is 0. The van der Waals surface area contributed by atoms with E-state index in [1.165, 1.54) is 6.42 Å². The van der Waals surface area contributed by atoms with E-state index in [0.717, 1.165) is 38.4 Å². The Balaban J connectivity index is 1.65. The molecule has 1 unspecified atom stereocenters. The van der Waals surface area contributed by atoms with Crippen LogP contribution >= 0.6 is 0 Å². The van der Waals surface area contributed by atoms with Crippen molar-refractivity contribution in [2.75, 3.05) is 19.6 Å². The molecule has 0 aromatic heterocycles. The van der Waals surface area contributed by atoms with E-state index in [9.17, 15) is 4.79 Å². The number of carbonyl (C=O) groups is 1. The summed E-state index contributed by atoms with van der Waals surface area (Å²) >= 11 is 0. The van der Waals surface area contributed by atoms with Gasteiger partial charge >= 0.3 is 0 Å². The van der Waals surface area contributed by atoms with Gasteiger partial charge in [-0.2, -0.15) is 0 Å². The molecule has 2 atom stereocenters. The predicted molar refractivity (Wildman–Crippen MR) is 49.2 cm³/mol. The highest BCUT2D eigenvalue weighted by Gasteiger charge is 2.41. The molecule has 0 bridgehead atoms. The fraction of sp³-hybridized carbons (Fsp3) is 0.900. The Morgan fingerprint density at radius 3 is 2.77 bits per heavy atom. The van der Waals surface area contributed by atoms with Crippen LogP contribution in [0.5, 0.6) is 0 Å². The van der Waals surface area contributed by atoms with Crippen LogP contribution in [-0.2, 0) is 4.79 Å². The molecule has 2 saturated heterocycles. The number of hydrogen-bond acceptors (Lipinski definition) is 2. The van der Waals surface area contributed by atoms with E-state index < -0.39 is 0 Å². The molecule has 1 amide bonds. The highest BCUT2D eigenvalue weighted by molar-refractivity contribution is 5.81. The molecular formula is C10H16N2O. The van der Waals surface area contributed by atoms with Crippen molar-refractivity contribution in [1.29, 1.82) is 0 Å². The van der Waals surface area contributed by atoms with Crippen LogP contribution < -0.4 is 5.32 Å². The van der Waals surface area contributed by atoms with Crippen LogP contribution in [-0.4, -0.2) is 36.5 Å². The maximum absolute atomic E-state index is 11.7. The van der Waals surface area contributed by atoms with Crippen molar-refractivity contribution < 1.29 is 4.79 Å². The molecular weight excluding hydrogens is 164 g/mol. The smallest absolute Gasteiger partial charge is 0.225 e. The van der Waals surface area contributed by atoms with Gasteiger partial charge in [0.15, 0.2) is 0 Å². The molecule has 1 N–H and O–H groups in total. The zero-order chi connectivity index (χ0) is 8.84. The maximum atomic E-state index is 11.7. The second-order valence-corrected chi connectivity index (χ2v) is 4.63.